The van der Waals surface area contributed by atoms with Gasteiger partial charge in [-0.3, -0.25) is 9.59 Å². The van der Waals surface area contributed by atoms with Crippen LogP contribution in [-0.2, 0) is 19.1 Å². The van der Waals surface area contributed by atoms with Crippen molar-refractivity contribution in [3.05, 3.63) is 0 Å². The molecule has 17 heavy (non-hydrogen) atoms. The van der Waals surface area contributed by atoms with Crippen LogP contribution in [0, 0.1) is 0 Å². The van der Waals surface area contributed by atoms with Gasteiger partial charge in [0.1, 0.15) is 6.10 Å². The SMILES string of the molecule is CO[C@H]1OC[C@](O)(C(C)=O)[C@H](O)[C@]1(O)C(C)=O. The minimum atomic E-state index is -2.48. The Morgan fingerprint density at radius 3 is 2.18 bits per heavy atom. The van der Waals surface area contributed by atoms with Crippen molar-refractivity contribution in [2.75, 3.05) is 13.7 Å². The van der Waals surface area contributed by atoms with Gasteiger partial charge in [-0.15, -0.1) is 0 Å². The van der Waals surface area contributed by atoms with Gasteiger partial charge in [0, 0.05) is 7.11 Å². The Labute approximate surface area is 98.0 Å². The van der Waals surface area contributed by atoms with Gasteiger partial charge in [-0.25, -0.2) is 0 Å². The summed E-state index contributed by atoms with van der Waals surface area (Å²) in [5.41, 5.74) is -4.80. The second-order valence-corrected chi connectivity index (χ2v) is 4.14. The van der Waals surface area contributed by atoms with Crippen molar-refractivity contribution in [3.8, 4) is 0 Å². The van der Waals surface area contributed by atoms with E-state index < -0.39 is 41.8 Å². The number of aliphatic hydroxyl groups is 3. The van der Waals surface area contributed by atoms with Crippen molar-refractivity contribution < 1.29 is 34.4 Å². The molecule has 0 bridgehead atoms. The van der Waals surface area contributed by atoms with Crippen LogP contribution in [0.15, 0.2) is 0 Å². The van der Waals surface area contributed by atoms with Gasteiger partial charge in [0.05, 0.1) is 6.61 Å². The Kier molecular flexibility index (Phi) is 3.70. The zero-order chi connectivity index (χ0) is 13.4. The molecule has 0 aromatic rings. The number of Topliss-reactive ketones (excluding diaryl/α,β-unsaturated/α-hetero) is 2. The van der Waals surface area contributed by atoms with Crippen molar-refractivity contribution in [1.82, 2.24) is 0 Å². The summed E-state index contributed by atoms with van der Waals surface area (Å²) < 4.78 is 9.66. The molecule has 0 aliphatic carbocycles. The molecule has 1 heterocycles. The van der Waals surface area contributed by atoms with Crippen LogP contribution in [0.1, 0.15) is 13.8 Å². The zero-order valence-electron chi connectivity index (χ0n) is 9.84. The largest absolute Gasteiger partial charge is 0.386 e. The maximum Gasteiger partial charge on any atom is 0.203 e. The second kappa shape index (κ2) is 4.43. The number of aliphatic hydroxyl groups excluding tert-OH is 1. The van der Waals surface area contributed by atoms with E-state index in [0.29, 0.717) is 0 Å². The van der Waals surface area contributed by atoms with Crippen molar-refractivity contribution in [2.24, 2.45) is 0 Å². The van der Waals surface area contributed by atoms with Gasteiger partial charge < -0.3 is 24.8 Å². The van der Waals surface area contributed by atoms with E-state index in [0.717, 1.165) is 13.8 Å². The fourth-order valence-corrected chi connectivity index (χ4v) is 1.80. The highest BCUT2D eigenvalue weighted by Gasteiger charge is 2.63. The highest BCUT2D eigenvalue weighted by molar-refractivity contribution is 5.91. The Hall–Kier alpha value is -0.860. The van der Waals surface area contributed by atoms with Gasteiger partial charge in [-0.2, -0.15) is 0 Å². The summed E-state index contributed by atoms with van der Waals surface area (Å²) in [7, 11) is 1.17. The molecule has 1 saturated heterocycles. The molecule has 0 spiro atoms. The highest BCUT2D eigenvalue weighted by Crippen LogP contribution is 2.34. The molecule has 0 aromatic carbocycles. The van der Waals surface area contributed by atoms with Crippen LogP contribution in [0.3, 0.4) is 0 Å². The first kappa shape index (κ1) is 14.2. The van der Waals surface area contributed by atoms with Gasteiger partial charge >= 0.3 is 0 Å². The molecule has 0 aromatic heterocycles. The first-order valence-electron chi connectivity index (χ1n) is 5.00. The Morgan fingerprint density at radius 1 is 1.29 bits per heavy atom. The first-order chi connectivity index (χ1) is 7.71. The van der Waals surface area contributed by atoms with Gasteiger partial charge in [0.2, 0.25) is 5.60 Å². The third-order valence-corrected chi connectivity index (χ3v) is 3.07. The number of ether oxygens (including phenoxy) is 2. The standard InChI is InChI=1S/C10H16O7/c1-5(11)9(14)4-17-8(16-3)10(15,6(2)12)7(9)13/h7-8,13-15H,4H2,1-3H3/t7-,8-,9-,10+/m0/s1. The number of hydrogen-bond donors (Lipinski definition) is 3. The van der Waals surface area contributed by atoms with Crippen LogP contribution in [0.2, 0.25) is 0 Å². The monoisotopic (exact) mass is 248 g/mol. The van der Waals surface area contributed by atoms with Crippen LogP contribution in [0.5, 0.6) is 0 Å². The summed E-state index contributed by atoms with van der Waals surface area (Å²) >= 11 is 0. The second-order valence-electron chi connectivity index (χ2n) is 4.14. The van der Waals surface area contributed by atoms with Gasteiger partial charge in [0.15, 0.2) is 23.5 Å². The van der Waals surface area contributed by atoms with Crippen LogP contribution in [0.4, 0.5) is 0 Å². The van der Waals surface area contributed by atoms with Crippen LogP contribution in [-0.4, -0.2) is 64.2 Å². The fraction of sp³-hybridized carbons (Fsp3) is 0.800. The van der Waals surface area contributed by atoms with Gasteiger partial charge in [0.25, 0.3) is 0 Å². The molecular formula is C10H16O7. The van der Waals surface area contributed by atoms with Crippen LogP contribution >= 0.6 is 0 Å². The average Bonchev–Trinajstić information content (AvgIpc) is 2.25. The highest BCUT2D eigenvalue weighted by atomic mass is 16.7. The van der Waals surface area contributed by atoms with E-state index in [4.69, 9.17) is 9.47 Å². The average molecular weight is 248 g/mol. The topological polar surface area (TPSA) is 113 Å². The molecule has 7 heteroatoms. The lowest BCUT2D eigenvalue weighted by atomic mass is 9.77. The Bertz CT molecular complexity index is 342. The summed E-state index contributed by atoms with van der Waals surface area (Å²) in [6.45, 7) is 1.47. The van der Waals surface area contributed by atoms with E-state index >= 15 is 0 Å². The molecule has 7 nitrogen and oxygen atoms in total. The van der Waals surface area contributed by atoms with E-state index in [9.17, 15) is 24.9 Å². The van der Waals surface area contributed by atoms with E-state index in [1.54, 1.807) is 0 Å². The third-order valence-electron chi connectivity index (χ3n) is 3.07. The molecule has 4 atom stereocenters. The molecule has 0 radical (unpaired) electrons. The zero-order valence-corrected chi connectivity index (χ0v) is 9.84. The van der Waals surface area contributed by atoms with Crippen LogP contribution in [0.25, 0.3) is 0 Å². The van der Waals surface area contributed by atoms with Gasteiger partial charge in [-0.1, -0.05) is 0 Å². The van der Waals surface area contributed by atoms with Crippen molar-refractivity contribution in [1.29, 1.82) is 0 Å². The van der Waals surface area contributed by atoms with Crippen LogP contribution < -0.4 is 0 Å². The smallest absolute Gasteiger partial charge is 0.203 e. The normalized spacial score (nSPS) is 42.2. The molecule has 1 rings (SSSR count). The molecular weight excluding hydrogens is 232 g/mol. The molecule has 1 aliphatic rings. The molecule has 3 N–H and O–H groups in total. The molecule has 0 unspecified atom stereocenters. The summed E-state index contributed by atoms with van der Waals surface area (Å²) in [6, 6.07) is 0. The van der Waals surface area contributed by atoms with E-state index in [1.807, 2.05) is 0 Å². The fourth-order valence-electron chi connectivity index (χ4n) is 1.80. The predicted octanol–water partition coefficient (Wildman–Crippen LogP) is -2.01. The first-order valence-corrected chi connectivity index (χ1v) is 5.00. The quantitative estimate of drug-likeness (QED) is 0.529. The van der Waals surface area contributed by atoms with Crippen molar-refractivity contribution in [3.63, 3.8) is 0 Å². The Morgan fingerprint density at radius 2 is 1.82 bits per heavy atom. The molecule has 1 fully saturated rings. The summed E-state index contributed by atoms with van der Waals surface area (Å²) in [6.07, 6.45) is -3.45. The minimum Gasteiger partial charge on any atom is -0.386 e. The minimum absolute atomic E-state index is 0.558. The number of ketones is 2. The summed E-state index contributed by atoms with van der Waals surface area (Å²) in [5, 5.41) is 29.9. The molecule has 0 saturated carbocycles. The van der Waals surface area contributed by atoms with Crippen molar-refractivity contribution in [2.45, 2.75) is 37.4 Å². The Balaban J connectivity index is 3.22. The number of carbonyl (C=O) groups excluding carboxylic acids is 2. The maximum atomic E-state index is 11.4. The van der Waals surface area contributed by atoms with Gasteiger partial charge in [-0.05, 0) is 13.8 Å². The predicted molar refractivity (Wildman–Crippen MR) is 54.0 cm³/mol. The van der Waals surface area contributed by atoms with Crippen molar-refractivity contribution >= 4 is 11.6 Å². The lowest BCUT2D eigenvalue weighted by Gasteiger charge is -2.47. The lowest BCUT2D eigenvalue weighted by Crippen LogP contribution is -2.73. The number of hydrogen-bond acceptors (Lipinski definition) is 7. The third kappa shape index (κ3) is 1.90. The van der Waals surface area contributed by atoms with E-state index in [-0.39, 0.29) is 0 Å². The summed E-state index contributed by atoms with van der Waals surface area (Å²) in [5.74, 6) is -1.67. The lowest BCUT2D eigenvalue weighted by molar-refractivity contribution is -0.314. The van der Waals surface area contributed by atoms with E-state index in [2.05, 4.69) is 0 Å². The molecule has 98 valence electrons. The molecule has 1 aliphatic heterocycles. The maximum absolute atomic E-state index is 11.4. The number of carbonyl (C=O) groups is 2. The number of rotatable bonds is 3. The summed E-state index contributed by atoms with van der Waals surface area (Å²) in [4.78, 5) is 22.7. The number of methoxy groups -OCH3 is 1. The molecule has 0 amide bonds. The van der Waals surface area contributed by atoms with E-state index in [1.165, 1.54) is 7.11 Å².